The first-order valence-corrected chi connectivity index (χ1v) is 40.1. The fourth-order valence-corrected chi connectivity index (χ4v) is 19.5. The second kappa shape index (κ2) is 33.5. The predicted octanol–water partition coefficient (Wildman–Crippen LogP) is 14.4. The third kappa shape index (κ3) is 15.8. The molecule has 6 aliphatic rings. The minimum Gasteiger partial charge on any atom is -0.367 e. The first-order valence-electron chi connectivity index (χ1n) is 40.1. The highest BCUT2D eigenvalue weighted by atomic mass is 17.2. The molecule has 3 aliphatic heterocycles. The largest absolute Gasteiger partial charge is 0.367 e. The molecule has 3 saturated heterocycles. The van der Waals surface area contributed by atoms with E-state index < -0.39 is 12.6 Å². The minimum atomic E-state index is -1.49. The number of aliphatic hydroxyl groups is 4. The lowest BCUT2D eigenvalue weighted by atomic mass is 9.81. The molecule has 6 aromatic heterocycles. The molecule has 9 heterocycles. The molecule has 576 valence electrons. The van der Waals surface area contributed by atoms with Crippen LogP contribution in [0.4, 0.5) is 17.1 Å². The summed E-state index contributed by atoms with van der Waals surface area (Å²) < 4.78 is 6.60. The summed E-state index contributed by atoms with van der Waals surface area (Å²) in [5.74, 6) is 1.65. The molecular formula is C91H101N15O6. The van der Waals surface area contributed by atoms with Gasteiger partial charge in [-0.05, 0) is 226 Å². The Bertz CT molecular complexity index is 5260. The number of fused-ring (bicyclic) bond motifs is 6. The highest BCUT2D eigenvalue weighted by Gasteiger charge is 2.35. The molecule has 6 aromatic carbocycles. The Hall–Kier alpha value is -10.3. The number of aliphatic hydroxyl groups excluding tert-OH is 2. The van der Waals surface area contributed by atoms with Crippen LogP contribution < -0.4 is 14.7 Å². The van der Waals surface area contributed by atoms with E-state index >= 15 is 0 Å². The summed E-state index contributed by atoms with van der Waals surface area (Å²) in [6.07, 6.45) is 23.6. The smallest absolute Gasteiger partial charge is 0.178 e. The van der Waals surface area contributed by atoms with Crippen molar-refractivity contribution in [3.63, 3.8) is 0 Å². The van der Waals surface area contributed by atoms with Crippen molar-refractivity contribution in [3.8, 4) is 18.2 Å². The van der Waals surface area contributed by atoms with Crippen LogP contribution in [-0.4, -0.2) is 168 Å². The molecule has 0 unspecified atom stereocenters. The van der Waals surface area contributed by atoms with Gasteiger partial charge in [-0.1, -0.05) is 18.2 Å². The molecule has 112 heavy (non-hydrogen) atoms. The number of aromatic nitrogens is 6. The zero-order chi connectivity index (χ0) is 77.1. The number of nitriles is 3. The van der Waals surface area contributed by atoms with E-state index in [4.69, 9.17) is 14.8 Å². The third-order valence-corrected chi connectivity index (χ3v) is 25.5. The number of hydrogen-bond acceptors (Lipinski definition) is 18. The van der Waals surface area contributed by atoms with E-state index in [2.05, 4.69) is 166 Å². The average molecular weight is 1500 g/mol. The summed E-state index contributed by atoms with van der Waals surface area (Å²) in [5.41, 5.74) is 18.2. The van der Waals surface area contributed by atoms with Crippen molar-refractivity contribution >= 4 is 82.5 Å². The number of anilines is 3. The summed E-state index contributed by atoms with van der Waals surface area (Å²) >= 11 is 0. The molecule has 12 aromatic rings. The Labute approximate surface area is 654 Å². The van der Waals surface area contributed by atoms with Crippen LogP contribution in [0, 0.1) is 34.0 Å². The number of piperazine rings is 3. The van der Waals surface area contributed by atoms with Gasteiger partial charge in [0.15, 0.2) is 12.6 Å². The van der Waals surface area contributed by atoms with Crippen molar-refractivity contribution in [1.29, 1.82) is 15.8 Å². The van der Waals surface area contributed by atoms with E-state index in [0.29, 0.717) is 53.6 Å². The molecule has 0 bridgehead atoms. The Balaban J connectivity index is 0.000000127. The SMILES string of the molecule is COOCc1cc(N2CCN(C3CCC(c4cn(C)c5ccc(C#N)cc45)CC3)CC2)c2ncccc2c1.Cn1cc(C2CCC(N3CCN(c4cc(C(O)O)cc5cccnc45)CC3)CC2)c2cc(C#N)ccc21.Cn1cc(C2CCC(N3CCN(c4cc(C(O)O)cc5cccnc45)CC3)CC2)c2cc(C#N)ccc21. The topological polar surface area (TPSA) is 244 Å². The fraction of sp³-hybridized carbons (Fsp3) is 0.407. The van der Waals surface area contributed by atoms with Gasteiger partial charge in [0.05, 0.1) is 75.6 Å². The molecule has 21 heteroatoms. The van der Waals surface area contributed by atoms with Gasteiger partial charge in [0.2, 0.25) is 0 Å². The van der Waals surface area contributed by atoms with Crippen LogP contribution >= 0.6 is 0 Å². The van der Waals surface area contributed by atoms with Gasteiger partial charge in [0.1, 0.15) is 6.61 Å². The maximum Gasteiger partial charge on any atom is 0.178 e. The van der Waals surface area contributed by atoms with Gasteiger partial charge in [-0.15, -0.1) is 0 Å². The van der Waals surface area contributed by atoms with E-state index in [1.54, 1.807) is 19.5 Å². The van der Waals surface area contributed by atoms with Crippen molar-refractivity contribution in [1.82, 2.24) is 43.4 Å². The molecule has 6 fully saturated rings. The summed E-state index contributed by atoms with van der Waals surface area (Å²) in [7, 11) is 7.85. The highest BCUT2D eigenvalue weighted by molar-refractivity contribution is 5.94. The zero-order valence-electron chi connectivity index (χ0n) is 64.7. The first-order chi connectivity index (χ1) is 54.7. The maximum absolute atomic E-state index is 9.80. The van der Waals surface area contributed by atoms with Gasteiger partial charge in [-0.3, -0.25) is 29.7 Å². The molecule has 0 atom stereocenters. The van der Waals surface area contributed by atoms with E-state index in [-0.39, 0.29) is 0 Å². The summed E-state index contributed by atoms with van der Waals surface area (Å²) in [6.45, 7) is 12.1. The van der Waals surface area contributed by atoms with Crippen LogP contribution in [0.2, 0.25) is 0 Å². The van der Waals surface area contributed by atoms with Crippen LogP contribution in [0.15, 0.2) is 165 Å². The number of benzene rings is 6. The number of rotatable bonds is 14. The van der Waals surface area contributed by atoms with Crippen molar-refractivity contribution in [2.45, 2.75) is 132 Å². The molecule has 0 spiro atoms. The highest BCUT2D eigenvalue weighted by Crippen LogP contribution is 2.44. The van der Waals surface area contributed by atoms with Crippen molar-refractivity contribution in [2.75, 3.05) is 100 Å². The quantitative estimate of drug-likeness (QED) is 0.0449. The maximum atomic E-state index is 9.80. The summed E-state index contributed by atoms with van der Waals surface area (Å²) in [6, 6.07) is 50.4. The molecule has 0 amide bonds. The number of nitrogens with zero attached hydrogens (tertiary/aromatic N) is 15. The van der Waals surface area contributed by atoms with Crippen LogP contribution in [0.1, 0.15) is 157 Å². The number of aryl methyl sites for hydroxylation is 3. The van der Waals surface area contributed by atoms with Gasteiger partial charge in [-0.2, -0.15) is 15.8 Å². The summed E-state index contributed by atoms with van der Waals surface area (Å²) in [5, 5.41) is 74.1. The predicted molar refractivity (Wildman–Crippen MR) is 441 cm³/mol. The lowest BCUT2D eigenvalue weighted by molar-refractivity contribution is -0.282. The van der Waals surface area contributed by atoms with Crippen molar-refractivity contribution < 1.29 is 30.2 Å². The molecule has 18 rings (SSSR count). The van der Waals surface area contributed by atoms with Crippen molar-refractivity contribution in [3.05, 3.63) is 215 Å². The van der Waals surface area contributed by atoms with Gasteiger partial charge in [0, 0.05) is 215 Å². The average Bonchev–Trinajstić information content (AvgIpc) is 1.76. The van der Waals surface area contributed by atoms with E-state index in [0.717, 1.165) is 145 Å². The fourth-order valence-electron chi connectivity index (χ4n) is 19.5. The molecule has 21 nitrogen and oxygen atoms in total. The number of pyridine rings is 3. The molecular weight excluding hydrogens is 1400 g/mol. The van der Waals surface area contributed by atoms with E-state index in [1.807, 2.05) is 79.0 Å². The Morgan fingerprint density at radius 1 is 0.393 bits per heavy atom. The Morgan fingerprint density at radius 2 is 0.705 bits per heavy atom. The van der Waals surface area contributed by atoms with E-state index in [9.17, 15) is 36.2 Å². The second-order valence-corrected chi connectivity index (χ2v) is 31.8. The molecule has 0 radical (unpaired) electrons. The minimum absolute atomic E-state index is 0.423. The normalized spacial score (nSPS) is 21.0. The Morgan fingerprint density at radius 3 is 1.01 bits per heavy atom. The van der Waals surface area contributed by atoms with Gasteiger partial charge in [-0.25, -0.2) is 9.78 Å². The van der Waals surface area contributed by atoms with Gasteiger partial charge >= 0.3 is 0 Å². The zero-order valence-corrected chi connectivity index (χ0v) is 64.7. The van der Waals surface area contributed by atoms with E-state index in [1.165, 1.54) is 132 Å². The van der Waals surface area contributed by atoms with Crippen LogP contribution in [0.5, 0.6) is 0 Å². The second-order valence-electron chi connectivity index (χ2n) is 31.8. The number of hydrogen-bond donors (Lipinski definition) is 4. The van der Waals surface area contributed by atoms with Crippen molar-refractivity contribution in [2.24, 2.45) is 21.1 Å². The molecule has 3 saturated carbocycles. The Kier molecular flexibility index (Phi) is 22.7. The third-order valence-electron chi connectivity index (χ3n) is 25.5. The monoisotopic (exact) mass is 1500 g/mol. The summed E-state index contributed by atoms with van der Waals surface area (Å²) in [4.78, 5) is 39.1. The van der Waals surface area contributed by atoms with Crippen LogP contribution in [0.3, 0.4) is 0 Å². The molecule has 4 N–H and O–H groups in total. The lowest BCUT2D eigenvalue weighted by Gasteiger charge is -2.43. The first kappa shape index (κ1) is 75.7. The lowest BCUT2D eigenvalue weighted by Crippen LogP contribution is -2.51. The van der Waals surface area contributed by atoms with Gasteiger partial charge < -0.3 is 48.8 Å². The van der Waals surface area contributed by atoms with Crippen LogP contribution in [0.25, 0.3) is 65.4 Å². The van der Waals surface area contributed by atoms with Gasteiger partial charge in [0.25, 0.3) is 0 Å². The standard InChI is InChI=1S/C31H35N5O2.2C30H33N5O2/c1-34-20-28(27-17-22(19-32)5-10-29(27)34)24-6-8-26(9-7-24)35-12-14-36(15-13-35)30-18-23(21-38-37-2)16-25-4-3-11-33-31(25)30;2*1-33-19-26(25-15-20(18-31)4-9-27(25)33)21-5-7-24(8-6-21)34-11-13-35(14-12-34)28-17-23(30(36)37)16-22-3-2-10-32-29(22)28/h3-5,10-11,16-18,20,24,26H,6-9,12-15,21H2,1-2H3;2*2-4,9-10,15-17,19,21,24,30,36-37H,5-8,11-14H2,1H3. The molecule has 3 aliphatic carbocycles. The van der Waals surface area contributed by atoms with Crippen LogP contribution in [-0.2, 0) is 37.5 Å².